The first-order valence-electron chi connectivity index (χ1n) is 7.38. The van der Waals surface area contributed by atoms with Crippen molar-refractivity contribution in [1.82, 2.24) is 10.2 Å². The van der Waals surface area contributed by atoms with E-state index in [4.69, 9.17) is 0 Å². The van der Waals surface area contributed by atoms with Crippen LogP contribution in [-0.4, -0.2) is 29.9 Å². The number of anilines is 1. The summed E-state index contributed by atoms with van der Waals surface area (Å²) in [6.45, 7) is 2.46. The van der Waals surface area contributed by atoms with Gasteiger partial charge < -0.3 is 15.5 Å². The molecule has 7 heteroatoms. The predicted molar refractivity (Wildman–Crippen MR) is 83.0 cm³/mol. The van der Waals surface area contributed by atoms with Crippen molar-refractivity contribution in [3.05, 3.63) is 41.5 Å². The fraction of sp³-hybridized carbons (Fsp3) is 0.375. The first kappa shape index (κ1) is 16.9. The molecule has 1 saturated heterocycles. The van der Waals surface area contributed by atoms with Gasteiger partial charge in [-0.15, -0.1) is 0 Å². The fourth-order valence-corrected chi connectivity index (χ4v) is 2.30. The highest BCUT2D eigenvalue weighted by Gasteiger charge is 2.21. The Bertz CT molecular complexity index is 600. The largest absolute Gasteiger partial charge is 0.352 e. The summed E-state index contributed by atoms with van der Waals surface area (Å²) in [7, 11) is 0. The predicted octanol–water partition coefficient (Wildman–Crippen LogP) is 3.10. The topological polar surface area (TPSA) is 61.4 Å². The number of carbonyl (C=O) groups excluding carboxylic acids is 2. The molecular weight excluding hydrogens is 304 g/mol. The van der Waals surface area contributed by atoms with E-state index in [1.807, 2.05) is 0 Å². The number of likely N-dealkylation sites (tertiary alicyclic amines) is 1. The molecule has 0 atom stereocenters. The number of amides is 3. The van der Waals surface area contributed by atoms with Crippen LogP contribution in [0.15, 0.2) is 35.9 Å². The number of nitrogens with one attached hydrogen (secondary N) is 2. The summed E-state index contributed by atoms with van der Waals surface area (Å²) in [5.41, 5.74) is 1.68. The highest BCUT2D eigenvalue weighted by atomic mass is 19.3. The fourth-order valence-electron chi connectivity index (χ4n) is 2.30. The molecule has 0 saturated carbocycles. The Morgan fingerprint density at radius 1 is 1.13 bits per heavy atom. The van der Waals surface area contributed by atoms with Crippen molar-refractivity contribution in [3.63, 3.8) is 0 Å². The normalized spacial score (nSPS) is 14.4. The van der Waals surface area contributed by atoms with E-state index in [9.17, 15) is 18.4 Å². The number of urea groups is 1. The summed E-state index contributed by atoms with van der Waals surface area (Å²) in [6, 6.07) is 6.80. The number of benzene rings is 1. The van der Waals surface area contributed by atoms with Gasteiger partial charge in [0.15, 0.2) is 0 Å². The van der Waals surface area contributed by atoms with Gasteiger partial charge in [-0.1, -0.05) is 12.1 Å². The molecule has 0 unspecified atom stereocenters. The van der Waals surface area contributed by atoms with E-state index in [0.717, 1.165) is 5.56 Å². The minimum atomic E-state index is -1.63. The summed E-state index contributed by atoms with van der Waals surface area (Å²) in [5.74, 6) is -0.106. The van der Waals surface area contributed by atoms with E-state index in [1.165, 1.54) is 11.8 Å². The van der Waals surface area contributed by atoms with Crippen LogP contribution in [0.1, 0.15) is 25.3 Å². The average molecular weight is 323 g/mol. The van der Waals surface area contributed by atoms with Crippen LogP contribution in [0.5, 0.6) is 0 Å². The van der Waals surface area contributed by atoms with Crippen LogP contribution in [0.3, 0.4) is 0 Å². The smallest absolute Gasteiger partial charge is 0.321 e. The number of hydrogen-bond donors (Lipinski definition) is 2. The molecule has 3 amide bonds. The van der Waals surface area contributed by atoms with Crippen molar-refractivity contribution >= 4 is 17.6 Å². The number of piperidine rings is 1. The first-order chi connectivity index (χ1) is 11.0. The van der Waals surface area contributed by atoms with Crippen molar-refractivity contribution in [2.45, 2.75) is 26.3 Å². The van der Waals surface area contributed by atoms with Gasteiger partial charge in [-0.05, 0) is 36.1 Å². The second-order valence-electron chi connectivity index (χ2n) is 5.39. The van der Waals surface area contributed by atoms with Crippen molar-refractivity contribution in [2.75, 3.05) is 18.4 Å². The summed E-state index contributed by atoms with van der Waals surface area (Å²) in [5, 5.41) is 5.43. The van der Waals surface area contributed by atoms with Gasteiger partial charge in [-0.2, -0.15) is 8.78 Å². The third-order valence-electron chi connectivity index (χ3n) is 3.67. The lowest BCUT2D eigenvalue weighted by atomic mass is 10.1. The Hall–Kier alpha value is -2.44. The number of nitrogens with zero attached hydrogens (tertiary/aromatic N) is 1. The zero-order chi connectivity index (χ0) is 16.8. The number of hydrogen-bond acceptors (Lipinski definition) is 2. The van der Waals surface area contributed by atoms with Gasteiger partial charge in [-0.3, -0.25) is 4.79 Å². The minimum absolute atomic E-state index is 0.106. The molecule has 124 valence electrons. The second-order valence-corrected chi connectivity index (χ2v) is 5.39. The van der Waals surface area contributed by atoms with Crippen molar-refractivity contribution in [2.24, 2.45) is 0 Å². The summed E-state index contributed by atoms with van der Waals surface area (Å²) in [6.07, 6.45) is -1.20. The van der Waals surface area contributed by atoms with Crippen LogP contribution in [0, 0.1) is 0 Å². The lowest BCUT2D eigenvalue weighted by Crippen LogP contribution is -2.39. The molecule has 0 radical (unpaired) electrons. The maximum atomic E-state index is 12.5. The van der Waals surface area contributed by atoms with Gasteiger partial charge >= 0.3 is 6.03 Å². The van der Waals surface area contributed by atoms with Gasteiger partial charge in [-0.25, -0.2) is 4.79 Å². The Kier molecular flexibility index (Phi) is 5.67. The molecule has 2 rings (SSSR count). The van der Waals surface area contributed by atoms with Crippen LogP contribution >= 0.6 is 0 Å². The van der Waals surface area contributed by atoms with Gasteiger partial charge in [0.05, 0.1) is 0 Å². The standard InChI is InChI=1S/C16H19F2N3O2/c1-11(22)19-10-12-2-4-14(5-3-12)20-16(23)21-8-6-13(7-9-21)15(17)18/h2-5H,6-10H2,1H3,(H,19,22)(H,20,23). The Balaban J connectivity index is 1.86. The molecule has 1 fully saturated rings. The Morgan fingerprint density at radius 3 is 2.26 bits per heavy atom. The quantitative estimate of drug-likeness (QED) is 0.898. The molecule has 0 aromatic heterocycles. The maximum absolute atomic E-state index is 12.5. The summed E-state index contributed by atoms with van der Waals surface area (Å²) in [4.78, 5) is 24.5. The van der Waals surface area contributed by atoms with E-state index >= 15 is 0 Å². The third kappa shape index (κ3) is 5.05. The molecule has 23 heavy (non-hydrogen) atoms. The Morgan fingerprint density at radius 2 is 1.74 bits per heavy atom. The summed E-state index contributed by atoms with van der Waals surface area (Å²) < 4.78 is 25.0. The van der Waals surface area contributed by atoms with E-state index in [1.54, 1.807) is 24.3 Å². The molecular formula is C16H19F2N3O2. The van der Waals surface area contributed by atoms with Crippen LogP contribution in [0.25, 0.3) is 0 Å². The van der Waals surface area contributed by atoms with Crippen LogP contribution < -0.4 is 10.6 Å². The van der Waals surface area contributed by atoms with Crippen molar-refractivity contribution in [1.29, 1.82) is 0 Å². The number of rotatable bonds is 3. The average Bonchev–Trinajstić information content (AvgIpc) is 2.54. The van der Waals surface area contributed by atoms with E-state index in [-0.39, 0.29) is 30.4 Å². The third-order valence-corrected chi connectivity index (χ3v) is 3.67. The van der Waals surface area contributed by atoms with Crippen molar-refractivity contribution < 1.29 is 18.4 Å². The molecule has 1 aliphatic heterocycles. The minimum Gasteiger partial charge on any atom is -0.352 e. The lowest BCUT2D eigenvalue weighted by Gasteiger charge is -2.28. The highest BCUT2D eigenvalue weighted by molar-refractivity contribution is 5.89. The molecule has 0 aliphatic carbocycles. The molecule has 1 aromatic carbocycles. The van der Waals surface area contributed by atoms with E-state index in [0.29, 0.717) is 25.3 Å². The monoisotopic (exact) mass is 323 g/mol. The van der Waals surface area contributed by atoms with Gasteiger partial charge in [0, 0.05) is 32.2 Å². The second kappa shape index (κ2) is 7.71. The van der Waals surface area contributed by atoms with Crippen LogP contribution in [0.4, 0.5) is 19.3 Å². The van der Waals surface area contributed by atoms with Crippen molar-refractivity contribution in [3.8, 4) is 0 Å². The molecule has 1 aromatic rings. The van der Waals surface area contributed by atoms with Gasteiger partial charge in [0.2, 0.25) is 5.91 Å². The van der Waals surface area contributed by atoms with E-state index < -0.39 is 6.08 Å². The Labute approximate surface area is 133 Å². The highest BCUT2D eigenvalue weighted by Crippen LogP contribution is 2.22. The maximum Gasteiger partial charge on any atom is 0.321 e. The first-order valence-corrected chi connectivity index (χ1v) is 7.38. The van der Waals surface area contributed by atoms with Gasteiger partial charge in [0.25, 0.3) is 6.08 Å². The SMILES string of the molecule is CC(=O)NCc1ccc(NC(=O)N2CCC(=C(F)F)CC2)cc1. The molecule has 0 spiro atoms. The zero-order valence-electron chi connectivity index (χ0n) is 12.9. The zero-order valence-corrected chi connectivity index (χ0v) is 12.9. The molecule has 1 aliphatic rings. The van der Waals surface area contributed by atoms with Crippen LogP contribution in [-0.2, 0) is 11.3 Å². The number of halogens is 2. The molecule has 2 N–H and O–H groups in total. The molecule has 1 heterocycles. The van der Waals surface area contributed by atoms with Gasteiger partial charge in [0.1, 0.15) is 0 Å². The molecule has 0 bridgehead atoms. The summed E-state index contributed by atoms with van der Waals surface area (Å²) >= 11 is 0. The van der Waals surface area contributed by atoms with Crippen LogP contribution in [0.2, 0.25) is 0 Å². The lowest BCUT2D eigenvalue weighted by molar-refractivity contribution is -0.119. The van der Waals surface area contributed by atoms with E-state index in [2.05, 4.69) is 10.6 Å². The number of carbonyl (C=O) groups is 2. The molecule has 5 nitrogen and oxygen atoms in total.